The van der Waals surface area contributed by atoms with Crippen molar-refractivity contribution in [3.8, 4) is 34.6 Å². The molecular weight excluding hydrogens is 488 g/mol. The Kier molecular flexibility index (Phi) is 8.53. The van der Waals surface area contributed by atoms with Gasteiger partial charge in [-0.1, -0.05) is 31.0 Å². The number of aromatic nitrogens is 3. The molecule has 3 aromatic rings. The van der Waals surface area contributed by atoms with E-state index >= 15 is 0 Å². The molecule has 2 heterocycles. The summed E-state index contributed by atoms with van der Waals surface area (Å²) in [6, 6.07) is 5.96. The molecule has 0 N–H and O–H groups in total. The summed E-state index contributed by atoms with van der Waals surface area (Å²) >= 11 is 4.57. The maximum atomic E-state index is 10.1. The van der Waals surface area contributed by atoms with Crippen LogP contribution in [-0.2, 0) is 0 Å². The van der Waals surface area contributed by atoms with Gasteiger partial charge in [0.2, 0.25) is 5.75 Å². The number of hydrogen-bond donors (Lipinski definition) is 0. The fourth-order valence-corrected chi connectivity index (χ4v) is 6.67. The predicted molar refractivity (Wildman–Crippen MR) is 135 cm³/mol. The van der Waals surface area contributed by atoms with E-state index < -0.39 is 0 Å². The highest BCUT2D eigenvalue weighted by molar-refractivity contribution is 8.01. The van der Waals surface area contributed by atoms with Crippen molar-refractivity contribution >= 4 is 34.9 Å². The van der Waals surface area contributed by atoms with Gasteiger partial charge in [-0.15, -0.1) is 11.3 Å². The lowest BCUT2D eigenvalue weighted by molar-refractivity contribution is 0.324. The molecule has 2 aromatic heterocycles. The SMILES string of the molecule is COc1cc(-c2nc(SCC3CCCCC3)nc(Sc3nccs3)c2C#N)cc(OC)c1OC. The molecule has 7 nitrogen and oxygen atoms in total. The highest BCUT2D eigenvalue weighted by Crippen LogP contribution is 2.43. The highest BCUT2D eigenvalue weighted by atomic mass is 32.2. The number of nitrogens with zero attached hydrogens (tertiary/aromatic N) is 4. The van der Waals surface area contributed by atoms with Crippen LogP contribution in [0.2, 0.25) is 0 Å². The van der Waals surface area contributed by atoms with Crippen molar-refractivity contribution < 1.29 is 14.2 Å². The first-order chi connectivity index (χ1) is 16.7. The number of ether oxygens (including phenoxy) is 3. The van der Waals surface area contributed by atoms with Crippen LogP contribution in [0.1, 0.15) is 37.7 Å². The zero-order valence-corrected chi connectivity index (χ0v) is 21.8. The lowest BCUT2D eigenvalue weighted by atomic mass is 9.91. The van der Waals surface area contributed by atoms with Gasteiger partial charge >= 0.3 is 0 Å². The molecule has 0 atom stereocenters. The predicted octanol–water partition coefficient (Wildman–Crippen LogP) is 6.32. The Hall–Kier alpha value is -2.48. The van der Waals surface area contributed by atoms with E-state index in [1.54, 1.807) is 39.3 Å². The van der Waals surface area contributed by atoms with Crippen LogP contribution in [0.5, 0.6) is 17.2 Å². The molecular formula is C24H26N4O3S3. The van der Waals surface area contributed by atoms with Crippen LogP contribution in [0.25, 0.3) is 11.3 Å². The van der Waals surface area contributed by atoms with E-state index in [1.807, 2.05) is 17.5 Å². The first kappa shape index (κ1) is 24.6. The smallest absolute Gasteiger partial charge is 0.203 e. The summed E-state index contributed by atoms with van der Waals surface area (Å²) in [7, 11) is 4.71. The van der Waals surface area contributed by atoms with Gasteiger partial charge in [0.1, 0.15) is 16.7 Å². The van der Waals surface area contributed by atoms with Crippen LogP contribution in [0.4, 0.5) is 0 Å². The van der Waals surface area contributed by atoms with Crippen LogP contribution in [-0.4, -0.2) is 42.0 Å². The Morgan fingerprint density at radius 1 is 1.06 bits per heavy atom. The van der Waals surface area contributed by atoms with Gasteiger partial charge in [-0.25, -0.2) is 15.0 Å². The van der Waals surface area contributed by atoms with Crippen LogP contribution < -0.4 is 14.2 Å². The molecule has 10 heteroatoms. The Morgan fingerprint density at radius 2 is 1.79 bits per heavy atom. The van der Waals surface area contributed by atoms with E-state index in [0.29, 0.717) is 50.2 Å². The molecule has 4 rings (SSSR count). The van der Waals surface area contributed by atoms with Gasteiger partial charge in [-0.05, 0) is 42.7 Å². The largest absolute Gasteiger partial charge is 0.493 e. The third-order valence-electron chi connectivity index (χ3n) is 5.67. The van der Waals surface area contributed by atoms with E-state index in [2.05, 4.69) is 11.1 Å². The molecule has 1 aromatic carbocycles. The molecule has 178 valence electrons. The first-order valence-electron chi connectivity index (χ1n) is 11.0. The summed E-state index contributed by atoms with van der Waals surface area (Å²) in [5, 5.41) is 13.3. The Balaban J connectivity index is 1.79. The fraction of sp³-hybridized carbons (Fsp3) is 0.417. The molecule has 0 amide bonds. The Bertz CT molecular complexity index is 1130. The van der Waals surface area contributed by atoms with Crippen molar-refractivity contribution in [2.75, 3.05) is 27.1 Å². The number of methoxy groups -OCH3 is 3. The number of thiazole rings is 1. The molecule has 0 unspecified atom stereocenters. The van der Waals surface area contributed by atoms with Crippen molar-refractivity contribution in [2.24, 2.45) is 5.92 Å². The quantitative estimate of drug-likeness (QED) is 0.185. The maximum absolute atomic E-state index is 10.1. The lowest BCUT2D eigenvalue weighted by Gasteiger charge is -2.21. The fourth-order valence-electron chi connectivity index (χ4n) is 3.98. The van der Waals surface area contributed by atoms with Crippen molar-refractivity contribution in [3.05, 3.63) is 29.3 Å². The Morgan fingerprint density at radius 3 is 2.38 bits per heavy atom. The molecule has 0 aliphatic heterocycles. The summed E-state index contributed by atoms with van der Waals surface area (Å²) in [6.45, 7) is 0. The van der Waals surface area contributed by atoms with Crippen LogP contribution in [0.15, 0.2) is 38.2 Å². The van der Waals surface area contributed by atoms with Crippen molar-refractivity contribution in [1.29, 1.82) is 5.26 Å². The van der Waals surface area contributed by atoms with E-state index in [4.69, 9.17) is 24.2 Å². The van der Waals surface area contributed by atoms with E-state index in [-0.39, 0.29) is 0 Å². The second-order valence-corrected chi connectivity index (χ2v) is 10.9. The lowest BCUT2D eigenvalue weighted by Crippen LogP contribution is -2.09. The molecule has 0 saturated heterocycles. The molecule has 1 aliphatic carbocycles. The van der Waals surface area contributed by atoms with Gasteiger partial charge in [0, 0.05) is 22.9 Å². The van der Waals surface area contributed by atoms with Gasteiger partial charge in [0.15, 0.2) is 21.0 Å². The molecule has 34 heavy (non-hydrogen) atoms. The number of nitriles is 1. The summed E-state index contributed by atoms with van der Waals surface area (Å²) in [6.07, 6.45) is 8.17. The molecule has 1 aliphatic rings. The summed E-state index contributed by atoms with van der Waals surface area (Å²) < 4.78 is 17.4. The first-order valence-corrected chi connectivity index (χ1v) is 13.7. The summed E-state index contributed by atoms with van der Waals surface area (Å²) in [4.78, 5) is 14.0. The minimum atomic E-state index is 0.400. The van der Waals surface area contributed by atoms with Crippen molar-refractivity contribution in [3.63, 3.8) is 0 Å². The van der Waals surface area contributed by atoms with Crippen LogP contribution >= 0.6 is 34.9 Å². The normalized spacial score (nSPS) is 13.9. The second-order valence-electron chi connectivity index (χ2n) is 7.78. The van der Waals surface area contributed by atoms with Gasteiger partial charge in [0.05, 0.1) is 27.0 Å². The molecule has 0 bridgehead atoms. The zero-order valence-electron chi connectivity index (χ0n) is 19.4. The minimum absolute atomic E-state index is 0.400. The monoisotopic (exact) mass is 514 g/mol. The van der Waals surface area contributed by atoms with Gasteiger partial charge in [-0.2, -0.15) is 5.26 Å². The second kappa shape index (κ2) is 11.8. The molecule has 0 radical (unpaired) electrons. The maximum Gasteiger partial charge on any atom is 0.203 e. The third kappa shape index (κ3) is 5.59. The average Bonchev–Trinajstić information content (AvgIpc) is 3.40. The van der Waals surface area contributed by atoms with Gasteiger partial charge in [0.25, 0.3) is 0 Å². The standard InChI is InChI=1S/C24H26N4O3S3/c1-29-18-11-16(12-19(30-2)21(18)31-3)20-17(13-25)22(34-24-26-9-10-32-24)28-23(27-20)33-14-15-7-5-4-6-8-15/h9-12,15H,4-8,14H2,1-3H3. The van der Waals surface area contributed by atoms with Gasteiger partial charge < -0.3 is 14.2 Å². The molecule has 0 spiro atoms. The van der Waals surface area contributed by atoms with Crippen molar-refractivity contribution in [2.45, 2.75) is 46.6 Å². The minimum Gasteiger partial charge on any atom is -0.493 e. The number of hydrogen-bond acceptors (Lipinski definition) is 10. The van der Waals surface area contributed by atoms with Gasteiger partial charge in [-0.3, -0.25) is 0 Å². The highest BCUT2D eigenvalue weighted by Gasteiger charge is 2.23. The van der Waals surface area contributed by atoms with Crippen LogP contribution in [0.3, 0.4) is 0 Å². The van der Waals surface area contributed by atoms with Crippen LogP contribution in [0, 0.1) is 17.2 Å². The average molecular weight is 515 g/mol. The summed E-state index contributed by atoms with van der Waals surface area (Å²) in [5.41, 5.74) is 1.65. The van der Waals surface area contributed by atoms with E-state index in [9.17, 15) is 5.26 Å². The zero-order chi connectivity index (χ0) is 23.9. The van der Waals surface area contributed by atoms with E-state index in [1.165, 1.54) is 55.2 Å². The number of rotatable bonds is 9. The number of thioether (sulfide) groups is 1. The molecule has 1 fully saturated rings. The van der Waals surface area contributed by atoms with Crippen molar-refractivity contribution in [1.82, 2.24) is 15.0 Å². The molecule has 1 saturated carbocycles. The topological polar surface area (TPSA) is 90.2 Å². The van der Waals surface area contributed by atoms with E-state index in [0.717, 1.165) is 10.1 Å². The summed E-state index contributed by atoms with van der Waals surface area (Å²) in [5.74, 6) is 3.15. The number of benzene rings is 1. The third-order valence-corrected chi connectivity index (χ3v) is 8.62. The Labute approximate surface area is 212 Å².